The van der Waals surface area contributed by atoms with Crippen molar-refractivity contribution in [3.8, 4) is 0 Å². The Morgan fingerprint density at radius 3 is 2.61 bits per heavy atom. The van der Waals surface area contributed by atoms with Gasteiger partial charge in [0.1, 0.15) is 16.4 Å². The highest BCUT2D eigenvalue weighted by Crippen LogP contribution is 2.24. The number of rotatable bonds is 3. The number of likely N-dealkylation sites (tertiary alicyclic amines) is 1. The maximum atomic E-state index is 12.0. The maximum Gasteiger partial charge on any atom is 0.410 e. The van der Waals surface area contributed by atoms with Crippen molar-refractivity contribution in [2.24, 2.45) is 0 Å². The van der Waals surface area contributed by atoms with Crippen molar-refractivity contribution >= 4 is 29.2 Å². The fourth-order valence-corrected chi connectivity index (χ4v) is 2.51. The summed E-state index contributed by atoms with van der Waals surface area (Å²) in [6.07, 6.45) is 1.24. The molecule has 1 amide bonds. The van der Waals surface area contributed by atoms with Gasteiger partial charge in [-0.1, -0.05) is 11.6 Å². The minimum Gasteiger partial charge on any atom is -0.444 e. The van der Waals surface area contributed by atoms with Crippen LogP contribution in [0.15, 0.2) is 12.1 Å². The first-order valence-electron chi connectivity index (χ1n) is 7.59. The van der Waals surface area contributed by atoms with Gasteiger partial charge in [0, 0.05) is 19.1 Å². The number of hydrogen-bond acceptors (Lipinski definition) is 6. The lowest BCUT2D eigenvalue weighted by Gasteiger charge is -2.34. The number of ether oxygens (including phenoxy) is 1. The molecular formula is C15H23ClN4O3. The summed E-state index contributed by atoms with van der Waals surface area (Å²) in [5.74, 6) is 0.496. The Labute approximate surface area is 140 Å². The molecule has 1 aliphatic rings. The molecule has 7 nitrogen and oxygen atoms in total. The van der Waals surface area contributed by atoms with Crippen LogP contribution in [-0.4, -0.2) is 45.9 Å². The van der Waals surface area contributed by atoms with E-state index in [1.807, 2.05) is 20.8 Å². The van der Waals surface area contributed by atoms with Gasteiger partial charge in [0.2, 0.25) is 0 Å². The zero-order valence-corrected chi connectivity index (χ0v) is 14.4. The lowest BCUT2D eigenvalue weighted by Crippen LogP contribution is -2.44. The highest BCUT2D eigenvalue weighted by atomic mass is 35.5. The predicted octanol–water partition coefficient (Wildman–Crippen LogP) is 3.35. The number of nitrogens with one attached hydrogen (secondary N) is 2. The summed E-state index contributed by atoms with van der Waals surface area (Å²) in [4.78, 5) is 17.9. The van der Waals surface area contributed by atoms with E-state index < -0.39 is 5.60 Å². The zero-order valence-electron chi connectivity index (χ0n) is 13.6. The molecule has 8 heteroatoms. The van der Waals surface area contributed by atoms with Crippen molar-refractivity contribution in [2.45, 2.75) is 45.3 Å². The number of carbonyl (C=O) groups excluding carboxylic acids is 1. The molecule has 0 aromatic carbocycles. The smallest absolute Gasteiger partial charge is 0.410 e. The molecule has 1 aliphatic heterocycles. The summed E-state index contributed by atoms with van der Waals surface area (Å²) in [6.45, 7) is 6.78. The molecule has 1 fully saturated rings. The molecule has 3 N–H and O–H groups in total. The third-order valence-electron chi connectivity index (χ3n) is 3.47. The van der Waals surface area contributed by atoms with Gasteiger partial charge in [-0.05, 0) is 45.7 Å². The highest BCUT2D eigenvalue weighted by Gasteiger charge is 2.27. The second kappa shape index (κ2) is 7.23. The summed E-state index contributed by atoms with van der Waals surface area (Å²) >= 11 is 5.89. The van der Waals surface area contributed by atoms with Crippen molar-refractivity contribution < 1.29 is 14.7 Å². The Bertz CT molecular complexity index is 554. The van der Waals surface area contributed by atoms with Gasteiger partial charge in [0.25, 0.3) is 0 Å². The van der Waals surface area contributed by atoms with Crippen LogP contribution in [0.25, 0.3) is 0 Å². The minimum atomic E-state index is -0.488. The monoisotopic (exact) mass is 342 g/mol. The van der Waals surface area contributed by atoms with Crippen LogP contribution in [0.3, 0.4) is 0 Å². The summed E-state index contributed by atoms with van der Waals surface area (Å²) in [6, 6.07) is 3.39. The predicted molar refractivity (Wildman–Crippen MR) is 89.1 cm³/mol. The van der Waals surface area contributed by atoms with Crippen LogP contribution < -0.4 is 10.8 Å². The molecule has 0 spiro atoms. The molecular weight excluding hydrogens is 320 g/mol. The minimum absolute atomic E-state index is 0.145. The molecule has 2 rings (SSSR count). The Morgan fingerprint density at radius 2 is 2.04 bits per heavy atom. The van der Waals surface area contributed by atoms with Crippen LogP contribution in [0.1, 0.15) is 33.6 Å². The molecule has 0 saturated carbocycles. The van der Waals surface area contributed by atoms with Gasteiger partial charge in [-0.15, -0.1) is 0 Å². The van der Waals surface area contributed by atoms with E-state index in [0.717, 1.165) is 12.8 Å². The van der Waals surface area contributed by atoms with Crippen molar-refractivity contribution in [1.82, 2.24) is 9.88 Å². The van der Waals surface area contributed by atoms with E-state index in [2.05, 4.69) is 15.8 Å². The van der Waals surface area contributed by atoms with E-state index in [-0.39, 0.29) is 12.1 Å². The van der Waals surface area contributed by atoms with Gasteiger partial charge >= 0.3 is 6.09 Å². The first-order chi connectivity index (χ1) is 10.8. The zero-order chi connectivity index (χ0) is 17.0. The molecule has 128 valence electrons. The number of hydrogen-bond donors (Lipinski definition) is 3. The Hall–Kier alpha value is -1.73. The van der Waals surface area contributed by atoms with Gasteiger partial charge in [-0.25, -0.2) is 9.78 Å². The van der Waals surface area contributed by atoms with E-state index in [4.69, 9.17) is 21.5 Å². The van der Waals surface area contributed by atoms with Gasteiger partial charge in [-0.3, -0.25) is 10.7 Å². The molecule has 0 unspecified atom stereocenters. The van der Waals surface area contributed by atoms with Crippen molar-refractivity contribution in [3.05, 3.63) is 17.3 Å². The van der Waals surface area contributed by atoms with Crippen molar-refractivity contribution in [2.75, 3.05) is 23.9 Å². The SMILES string of the molecule is CC(C)(C)OC(=O)N1CCC(Nc2nc(Cl)ccc2NO)CC1. The Balaban J connectivity index is 1.90. The number of piperidine rings is 1. The molecule has 0 aliphatic carbocycles. The largest absolute Gasteiger partial charge is 0.444 e. The molecule has 0 atom stereocenters. The van der Waals surface area contributed by atoms with Crippen LogP contribution in [0.5, 0.6) is 0 Å². The molecule has 2 heterocycles. The highest BCUT2D eigenvalue weighted by molar-refractivity contribution is 6.29. The summed E-state index contributed by atoms with van der Waals surface area (Å²) < 4.78 is 5.38. The standard InChI is InChI=1S/C15H23ClN4O3/c1-15(2,3)23-14(21)20-8-6-10(7-9-20)17-13-11(19-22)4-5-12(16)18-13/h4-5,10,19,22H,6-9H2,1-3H3,(H,17,18). The van der Waals surface area contributed by atoms with E-state index in [1.54, 1.807) is 17.0 Å². The van der Waals surface area contributed by atoms with Crippen LogP contribution in [0.4, 0.5) is 16.3 Å². The Kier molecular flexibility index (Phi) is 5.54. The summed E-state index contributed by atoms with van der Waals surface area (Å²) in [5.41, 5.74) is 2.07. The van der Waals surface area contributed by atoms with Gasteiger partial charge in [0.05, 0.1) is 0 Å². The number of nitrogens with zero attached hydrogens (tertiary/aromatic N) is 2. The number of anilines is 2. The maximum absolute atomic E-state index is 12.0. The number of aromatic nitrogens is 1. The number of pyridine rings is 1. The molecule has 1 aromatic rings. The van der Waals surface area contributed by atoms with Gasteiger partial charge in [-0.2, -0.15) is 0 Å². The molecule has 0 bridgehead atoms. The molecule has 1 saturated heterocycles. The van der Waals surface area contributed by atoms with E-state index in [1.165, 1.54) is 0 Å². The topological polar surface area (TPSA) is 86.7 Å². The normalized spacial score (nSPS) is 16.1. The van der Waals surface area contributed by atoms with E-state index in [0.29, 0.717) is 29.7 Å². The van der Waals surface area contributed by atoms with E-state index in [9.17, 15) is 4.79 Å². The van der Waals surface area contributed by atoms with Crippen molar-refractivity contribution in [1.29, 1.82) is 0 Å². The second-order valence-corrected chi connectivity index (χ2v) is 6.92. The summed E-state index contributed by atoms with van der Waals surface area (Å²) in [7, 11) is 0. The average molecular weight is 343 g/mol. The first-order valence-corrected chi connectivity index (χ1v) is 7.97. The molecule has 1 aromatic heterocycles. The van der Waals surface area contributed by atoms with Gasteiger partial charge < -0.3 is 15.0 Å². The third kappa shape index (κ3) is 5.14. The summed E-state index contributed by atoms with van der Waals surface area (Å²) in [5, 5.41) is 12.7. The fraction of sp³-hybridized carbons (Fsp3) is 0.600. The number of carbonyl (C=O) groups is 1. The van der Waals surface area contributed by atoms with Gasteiger partial charge in [0.15, 0.2) is 5.82 Å². The second-order valence-electron chi connectivity index (χ2n) is 6.53. The lowest BCUT2D eigenvalue weighted by atomic mass is 10.1. The Morgan fingerprint density at radius 1 is 1.39 bits per heavy atom. The first kappa shape index (κ1) is 17.6. The van der Waals surface area contributed by atoms with E-state index >= 15 is 0 Å². The number of halogens is 1. The fourth-order valence-electron chi connectivity index (χ4n) is 2.36. The molecule has 23 heavy (non-hydrogen) atoms. The van der Waals surface area contributed by atoms with Crippen LogP contribution >= 0.6 is 11.6 Å². The van der Waals surface area contributed by atoms with Crippen LogP contribution in [0.2, 0.25) is 5.15 Å². The average Bonchev–Trinajstić information content (AvgIpc) is 2.46. The lowest BCUT2D eigenvalue weighted by molar-refractivity contribution is 0.0210. The van der Waals surface area contributed by atoms with Crippen LogP contribution in [-0.2, 0) is 4.74 Å². The third-order valence-corrected chi connectivity index (χ3v) is 3.68. The van der Waals surface area contributed by atoms with Crippen molar-refractivity contribution in [3.63, 3.8) is 0 Å². The van der Waals surface area contributed by atoms with Crippen LogP contribution in [0, 0.1) is 0 Å². The quantitative estimate of drug-likeness (QED) is 0.577. The number of amides is 1. The molecule has 0 radical (unpaired) electrons.